The molecule has 1 fully saturated rings. The molecular weight excluding hydrogens is 143 g/mol. The molecule has 0 aromatic carbocycles. The lowest BCUT2D eigenvalue weighted by molar-refractivity contribution is 0.307. The van der Waals surface area contributed by atoms with Crippen molar-refractivity contribution in [2.75, 3.05) is 20.1 Å². The maximum absolute atomic E-state index is 4.50. The molecule has 1 saturated heterocycles. The Hall–Kier alpha value is 0.350. The van der Waals surface area contributed by atoms with Gasteiger partial charge in [0.2, 0.25) is 0 Å². The molecule has 0 aromatic rings. The number of nitrogens with two attached hydrogens (primary N) is 1. The molecule has 62 valence electrons. The van der Waals surface area contributed by atoms with Crippen molar-refractivity contribution >= 4 is 9.39 Å². The van der Waals surface area contributed by atoms with Gasteiger partial charge in [0, 0.05) is 13.1 Å². The maximum atomic E-state index is 4.50. The van der Waals surface area contributed by atoms with Crippen molar-refractivity contribution in [1.29, 1.82) is 0 Å². The Morgan fingerprint density at radius 3 is 2.00 bits per heavy atom. The van der Waals surface area contributed by atoms with Crippen molar-refractivity contribution in [3.05, 3.63) is 0 Å². The summed E-state index contributed by atoms with van der Waals surface area (Å²) in [6.07, 6.45) is 2.76. The fourth-order valence-corrected chi connectivity index (χ4v) is 1.33. The Morgan fingerprint density at radius 2 is 1.70 bits per heavy atom. The second-order valence-electron chi connectivity index (χ2n) is 2.72. The van der Waals surface area contributed by atoms with Gasteiger partial charge in [-0.05, 0) is 25.8 Å². The van der Waals surface area contributed by atoms with Crippen molar-refractivity contribution in [3.8, 4) is 0 Å². The van der Waals surface area contributed by atoms with Crippen LogP contribution >= 0.6 is 9.39 Å². The van der Waals surface area contributed by atoms with E-state index in [0.29, 0.717) is 0 Å². The largest absolute Gasteiger partial charge is 0.333 e. The smallest absolute Gasteiger partial charge is 0.00187 e. The van der Waals surface area contributed by atoms with Crippen LogP contribution in [0.15, 0.2) is 0 Å². The number of piperidine rings is 1. The molecule has 2 N–H and O–H groups in total. The number of hydrogen-bond donors (Lipinski definition) is 1. The molecule has 0 aliphatic carbocycles. The van der Waals surface area contributed by atoms with Gasteiger partial charge in [0.1, 0.15) is 0 Å². The summed E-state index contributed by atoms with van der Waals surface area (Å²) in [6, 6.07) is 0. The first-order chi connectivity index (χ1) is 4.79. The van der Waals surface area contributed by atoms with Gasteiger partial charge in [-0.25, -0.2) is 0 Å². The normalized spacial score (nSPS) is 21.6. The predicted molar refractivity (Wildman–Crippen MR) is 49.8 cm³/mol. The Morgan fingerprint density at radius 1 is 1.30 bits per heavy atom. The van der Waals surface area contributed by atoms with Gasteiger partial charge in [0.25, 0.3) is 0 Å². The van der Waals surface area contributed by atoms with Gasteiger partial charge in [0.05, 0.1) is 0 Å². The zero-order valence-electron chi connectivity index (χ0n) is 7.01. The van der Waals surface area contributed by atoms with E-state index in [4.69, 9.17) is 0 Å². The molecule has 1 aliphatic rings. The highest BCUT2D eigenvalue weighted by atomic mass is 31.0. The monoisotopic (exact) mass is 162 g/mol. The van der Waals surface area contributed by atoms with E-state index in [-0.39, 0.29) is 0 Å². The van der Waals surface area contributed by atoms with Crippen LogP contribution in [0.2, 0.25) is 0 Å². The molecule has 1 rings (SSSR count). The van der Waals surface area contributed by atoms with E-state index in [1.165, 1.54) is 33.0 Å². The summed E-state index contributed by atoms with van der Waals surface area (Å²) < 4.78 is 2.32. The van der Waals surface area contributed by atoms with Crippen molar-refractivity contribution in [2.24, 2.45) is 11.7 Å². The van der Waals surface area contributed by atoms with Crippen molar-refractivity contribution in [1.82, 2.24) is 4.67 Å². The molecule has 10 heavy (non-hydrogen) atoms. The Labute approximate surface area is 66.4 Å². The molecule has 1 heterocycles. The summed E-state index contributed by atoms with van der Waals surface area (Å²) in [5, 5.41) is 0. The fraction of sp³-hybridized carbons (Fsp3) is 1.00. The predicted octanol–water partition coefficient (Wildman–Crippen LogP) is 1.08. The van der Waals surface area contributed by atoms with E-state index < -0.39 is 0 Å². The minimum atomic E-state index is 0.965. The van der Waals surface area contributed by atoms with Gasteiger partial charge in [-0.1, -0.05) is 16.3 Å². The highest BCUT2D eigenvalue weighted by molar-refractivity contribution is 7.13. The first kappa shape index (κ1) is 10.3. The van der Waals surface area contributed by atoms with Crippen molar-refractivity contribution in [2.45, 2.75) is 19.8 Å². The lowest BCUT2D eigenvalue weighted by Crippen LogP contribution is -2.24. The maximum Gasteiger partial charge on any atom is 0.00187 e. The molecule has 1 atom stereocenters. The van der Waals surface area contributed by atoms with Gasteiger partial charge < -0.3 is 5.73 Å². The third-order valence-corrected chi connectivity index (χ3v) is 2.33. The molecule has 0 radical (unpaired) electrons. The first-order valence-electron chi connectivity index (χ1n) is 3.86. The lowest BCUT2D eigenvalue weighted by atomic mass is 10.0. The quantitative estimate of drug-likeness (QED) is 0.540. The molecular formula is C7H19N2P. The Balaban J connectivity index is 0.000000371. The fourth-order valence-electron chi connectivity index (χ4n) is 1.03. The number of nitrogens with zero attached hydrogens (tertiary/aromatic N) is 1. The van der Waals surface area contributed by atoms with Crippen LogP contribution in [0.25, 0.3) is 0 Å². The summed E-state index contributed by atoms with van der Waals surface area (Å²) in [4.78, 5) is 0. The van der Waals surface area contributed by atoms with Crippen LogP contribution in [-0.4, -0.2) is 24.8 Å². The summed E-state index contributed by atoms with van der Waals surface area (Å²) in [5.41, 5.74) is 4.50. The summed E-state index contributed by atoms with van der Waals surface area (Å²) in [6.45, 7) is 4.87. The SMILES string of the molecule is CC1CCN(P)CC1.CN. The van der Waals surface area contributed by atoms with E-state index in [0.717, 1.165) is 5.92 Å². The van der Waals surface area contributed by atoms with Gasteiger partial charge in [-0.3, -0.25) is 4.67 Å². The molecule has 0 saturated carbocycles. The van der Waals surface area contributed by atoms with Crippen LogP contribution < -0.4 is 5.73 Å². The van der Waals surface area contributed by atoms with Crippen molar-refractivity contribution in [3.63, 3.8) is 0 Å². The molecule has 0 amide bonds. The minimum Gasteiger partial charge on any atom is -0.333 e. The van der Waals surface area contributed by atoms with E-state index in [1.807, 2.05) is 0 Å². The van der Waals surface area contributed by atoms with Crippen LogP contribution in [0.4, 0.5) is 0 Å². The lowest BCUT2D eigenvalue weighted by Gasteiger charge is -2.25. The molecule has 3 heteroatoms. The highest BCUT2D eigenvalue weighted by Gasteiger charge is 2.10. The number of rotatable bonds is 0. The first-order valence-corrected chi connectivity index (χ1v) is 4.38. The van der Waals surface area contributed by atoms with Crippen LogP contribution in [0.5, 0.6) is 0 Å². The molecule has 1 unspecified atom stereocenters. The van der Waals surface area contributed by atoms with Gasteiger partial charge in [-0.15, -0.1) is 0 Å². The average Bonchev–Trinajstić information content (AvgIpc) is 2.00. The summed E-state index contributed by atoms with van der Waals surface area (Å²) in [7, 11) is 4.26. The standard InChI is InChI=1S/C6H14NP.CH5N/c1-6-2-4-7(8)5-3-6;1-2/h6H,2-5,8H2,1H3;2H2,1H3. The number of hydrogen-bond acceptors (Lipinski definition) is 2. The van der Waals surface area contributed by atoms with Gasteiger partial charge in [-0.2, -0.15) is 0 Å². The van der Waals surface area contributed by atoms with E-state index in [9.17, 15) is 0 Å². The van der Waals surface area contributed by atoms with Crippen LogP contribution in [0, 0.1) is 5.92 Å². The summed E-state index contributed by atoms with van der Waals surface area (Å²) >= 11 is 0. The zero-order valence-corrected chi connectivity index (χ0v) is 8.16. The molecule has 2 nitrogen and oxygen atoms in total. The molecule has 0 bridgehead atoms. The summed E-state index contributed by atoms with van der Waals surface area (Å²) in [5.74, 6) is 0.965. The Kier molecular flexibility index (Phi) is 6.30. The van der Waals surface area contributed by atoms with Crippen LogP contribution in [0.3, 0.4) is 0 Å². The molecule has 0 aromatic heterocycles. The van der Waals surface area contributed by atoms with E-state index >= 15 is 0 Å². The second-order valence-corrected chi connectivity index (χ2v) is 3.45. The third kappa shape index (κ3) is 4.21. The molecule has 0 spiro atoms. The van der Waals surface area contributed by atoms with Gasteiger partial charge in [0.15, 0.2) is 0 Å². The van der Waals surface area contributed by atoms with E-state index in [1.54, 1.807) is 0 Å². The van der Waals surface area contributed by atoms with Crippen LogP contribution in [0.1, 0.15) is 19.8 Å². The van der Waals surface area contributed by atoms with E-state index in [2.05, 4.69) is 26.7 Å². The highest BCUT2D eigenvalue weighted by Crippen LogP contribution is 2.17. The second kappa shape index (κ2) is 6.09. The average molecular weight is 162 g/mol. The zero-order chi connectivity index (χ0) is 7.98. The van der Waals surface area contributed by atoms with Gasteiger partial charge >= 0.3 is 0 Å². The molecule has 1 aliphatic heterocycles. The van der Waals surface area contributed by atoms with Crippen LogP contribution in [-0.2, 0) is 0 Å². The Bertz CT molecular complexity index is 60.0. The third-order valence-electron chi connectivity index (χ3n) is 1.82. The minimum absolute atomic E-state index is 0.965. The topological polar surface area (TPSA) is 29.3 Å². The van der Waals surface area contributed by atoms with Crippen molar-refractivity contribution < 1.29 is 0 Å².